The molecule has 0 aromatic carbocycles. The lowest BCUT2D eigenvalue weighted by atomic mass is 10.0. The first-order chi connectivity index (χ1) is 7.33. The molecule has 0 spiro atoms. The predicted octanol–water partition coefficient (Wildman–Crippen LogP) is 1.92. The molecule has 3 nitrogen and oxygen atoms in total. The van der Waals surface area contributed by atoms with Gasteiger partial charge in [-0.1, -0.05) is 0 Å². The number of nitrogens with zero attached hydrogens (tertiary/aromatic N) is 2. The van der Waals surface area contributed by atoms with Crippen molar-refractivity contribution in [1.82, 2.24) is 15.1 Å². The molecule has 0 radical (unpaired) electrons. The standard InChI is InChI=1S/C12H19N3/c1-9-6-13-14-12(9)11-4-5-15(8-11)7-10-2-3-10/h6,10-11H,2-5,7-8H2,1H3,(H,13,14)/t11-/m1/s1. The molecule has 3 heteroatoms. The summed E-state index contributed by atoms with van der Waals surface area (Å²) >= 11 is 0. The van der Waals surface area contributed by atoms with Crippen LogP contribution in [-0.2, 0) is 0 Å². The molecule has 0 unspecified atom stereocenters. The number of aryl methyl sites for hydroxylation is 1. The Balaban J connectivity index is 1.62. The monoisotopic (exact) mass is 205 g/mol. The van der Waals surface area contributed by atoms with Crippen molar-refractivity contribution in [2.45, 2.75) is 32.1 Å². The number of rotatable bonds is 3. The van der Waals surface area contributed by atoms with Gasteiger partial charge in [0.1, 0.15) is 0 Å². The van der Waals surface area contributed by atoms with Crippen molar-refractivity contribution in [1.29, 1.82) is 0 Å². The summed E-state index contributed by atoms with van der Waals surface area (Å²) < 4.78 is 0. The maximum absolute atomic E-state index is 4.12. The van der Waals surface area contributed by atoms with E-state index in [0.29, 0.717) is 5.92 Å². The number of aromatic nitrogens is 2. The molecule has 15 heavy (non-hydrogen) atoms. The largest absolute Gasteiger partial charge is 0.302 e. The number of nitrogens with one attached hydrogen (secondary N) is 1. The zero-order valence-corrected chi connectivity index (χ0v) is 9.37. The second-order valence-corrected chi connectivity index (χ2v) is 5.16. The number of aromatic amines is 1. The van der Waals surface area contributed by atoms with E-state index >= 15 is 0 Å². The van der Waals surface area contributed by atoms with Crippen LogP contribution in [0.2, 0.25) is 0 Å². The van der Waals surface area contributed by atoms with Gasteiger partial charge in [-0.25, -0.2) is 0 Å². The lowest BCUT2D eigenvalue weighted by Gasteiger charge is -2.15. The van der Waals surface area contributed by atoms with Gasteiger partial charge in [0.25, 0.3) is 0 Å². The minimum absolute atomic E-state index is 0.700. The van der Waals surface area contributed by atoms with Gasteiger partial charge in [-0.2, -0.15) is 5.10 Å². The van der Waals surface area contributed by atoms with Crippen LogP contribution in [0.4, 0.5) is 0 Å². The normalized spacial score (nSPS) is 27.4. The summed E-state index contributed by atoms with van der Waals surface area (Å²) in [6, 6.07) is 0. The van der Waals surface area contributed by atoms with Gasteiger partial charge in [0.05, 0.1) is 6.20 Å². The van der Waals surface area contributed by atoms with Crippen LogP contribution in [0.3, 0.4) is 0 Å². The smallest absolute Gasteiger partial charge is 0.0519 e. The summed E-state index contributed by atoms with van der Waals surface area (Å²) in [5.74, 6) is 1.72. The fourth-order valence-corrected chi connectivity index (χ4v) is 2.67. The summed E-state index contributed by atoms with van der Waals surface area (Å²) in [5, 5.41) is 7.28. The average molecular weight is 205 g/mol. The van der Waals surface area contributed by atoms with Gasteiger partial charge in [0.2, 0.25) is 0 Å². The summed E-state index contributed by atoms with van der Waals surface area (Å²) in [6.07, 6.45) is 6.17. The zero-order chi connectivity index (χ0) is 10.3. The maximum atomic E-state index is 4.12. The van der Waals surface area contributed by atoms with E-state index in [4.69, 9.17) is 0 Å². The highest BCUT2D eigenvalue weighted by Gasteiger charge is 2.30. The van der Waals surface area contributed by atoms with Crippen LogP contribution < -0.4 is 0 Å². The molecule has 3 rings (SSSR count). The molecule has 1 aromatic rings. The van der Waals surface area contributed by atoms with Gasteiger partial charge in [0.15, 0.2) is 0 Å². The molecule has 82 valence electrons. The Labute approximate surface area is 90.9 Å². The second-order valence-electron chi connectivity index (χ2n) is 5.16. The Bertz CT molecular complexity index is 340. The Kier molecular flexibility index (Phi) is 2.28. The topological polar surface area (TPSA) is 31.9 Å². The lowest BCUT2D eigenvalue weighted by Crippen LogP contribution is -2.22. The van der Waals surface area contributed by atoms with Crippen molar-refractivity contribution in [3.63, 3.8) is 0 Å². The molecule has 2 heterocycles. The third-order valence-electron chi connectivity index (χ3n) is 3.76. The quantitative estimate of drug-likeness (QED) is 0.817. The predicted molar refractivity (Wildman–Crippen MR) is 59.8 cm³/mol. The highest BCUT2D eigenvalue weighted by atomic mass is 15.2. The Morgan fingerprint density at radius 3 is 3.00 bits per heavy atom. The fraction of sp³-hybridized carbons (Fsp3) is 0.750. The van der Waals surface area contributed by atoms with Crippen LogP contribution >= 0.6 is 0 Å². The van der Waals surface area contributed by atoms with Gasteiger partial charge in [-0.15, -0.1) is 0 Å². The van der Waals surface area contributed by atoms with Gasteiger partial charge in [0, 0.05) is 24.7 Å². The minimum Gasteiger partial charge on any atom is -0.302 e. The third kappa shape index (κ3) is 1.93. The molecule has 1 saturated carbocycles. The first kappa shape index (κ1) is 9.40. The molecule has 1 saturated heterocycles. The van der Waals surface area contributed by atoms with Gasteiger partial charge in [-0.3, -0.25) is 5.10 Å². The Morgan fingerprint density at radius 1 is 1.47 bits per heavy atom. The first-order valence-electron chi connectivity index (χ1n) is 6.05. The van der Waals surface area contributed by atoms with Crippen LogP contribution in [0.15, 0.2) is 6.20 Å². The van der Waals surface area contributed by atoms with Crippen LogP contribution in [0.1, 0.15) is 36.4 Å². The summed E-state index contributed by atoms with van der Waals surface area (Å²) in [5.41, 5.74) is 2.70. The molecule has 0 bridgehead atoms. The van der Waals surface area contributed by atoms with E-state index in [2.05, 4.69) is 22.0 Å². The number of hydrogen-bond donors (Lipinski definition) is 1. The van der Waals surface area contributed by atoms with E-state index in [1.807, 2.05) is 6.20 Å². The van der Waals surface area contributed by atoms with Crippen LogP contribution in [0.25, 0.3) is 0 Å². The summed E-state index contributed by atoms with van der Waals surface area (Å²) in [6.45, 7) is 6.01. The molecule has 1 atom stereocenters. The van der Waals surface area contributed by atoms with Crippen molar-refractivity contribution < 1.29 is 0 Å². The molecule has 2 fully saturated rings. The highest BCUT2D eigenvalue weighted by molar-refractivity contribution is 5.20. The van der Waals surface area contributed by atoms with Gasteiger partial charge >= 0.3 is 0 Å². The van der Waals surface area contributed by atoms with Crippen molar-refractivity contribution in [3.05, 3.63) is 17.5 Å². The van der Waals surface area contributed by atoms with Gasteiger partial charge < -0.3 is 4.90 Å². The molecule has 1 N–H and O–H groups in total. The molecule has 1 aliphatic carbocycles. The second kappa shape index (κ2) is 3.63. The number of H-pyrrole nitrogens is 1. The van der Waals surface area contributed by atoms with E-state index in [1.54, 1.807) is 0 Å². The molecule has 1 aliphatic heterocycles. The summed E-state index contributed by atoms with van der Waals surface area (Å²) in [4.78, 5) is 2.63. The van der Waals surface area contributed by atoms with Crippen molar-refractivity contribution in [2.24, 2.45) is 5.92 Å². The first-order valence-corrected chi connectivity index (χ1v) is 6.05. The van der Waals surface area contributed by atoms with E-state index in [-0.39, 0.29) is 0 Å². The summed E-state index contributed by atoms with van der Waals surface area (Å²) in [7, 11) is 0. The van der Waals surface area contributed by atoms with Crippen molar-refractivity contribution in [2.75, 3.05) is 19.6 Å². The van der Waals surface area contributed by atoms with E-state index in [1.165, 1.54) is 50.2 Å². The number of hydrogen-bond acceptors (Lipinski definition) is 2. The SMILES string of the molecule is Cc1cn[nH]c1[C@@H]1CCN(CC2CC2)C1. The Morgan fingerprint density at radius 2 is 2.33 bits per heavy atom. The third-order valence-corrected chi connectivity index (χ3v) is 3.76. The number of likely N-dealkylation sites (tertiary alicyclic amines) is 1. The molecular weight excluding hydrogens is 186 g/mol. The molecule has 1 aromatic heterocycles. The zero-order valence-electron chi connectivity index (χ0n) is 9.37. The highest BCUT2D eigenvalue weighted by Crippen LogP contribution is 2.33. The average Bonchev–Trinajstić information content (AvgIpc) is 2.74. The minimum atomic E-state index is 0.700. The maximum Gasteiger partial charge on any atom is 0.0519 e. The van der Waals surface area contributed by atoms with Crippen molar-refractivity contribution in [3.8, 4) is 0 Å². The Hall–Kier alpha value is -0.830. The van der Waals surface area contributed by atoms with Crippen LogP contribution in [0.5, 0.6) is 0 Å². The lowest BCUT2D eigenvalue weighted by molar-refractivity contribution is 0.320. The van der Waals surface area contributed by atoms with E-state index < -0.39 is 0 Å². The fourth-order valence-electron chi connectivity index (χ4n) is 2.67. The molecule has 0 amide bonds. The van der Waals surface area contributed by atoms with Gasteiger partial charge in [-0.05, 0) is 44.2 Å². The molecule has 2 aliphatic rings. The van der Waals surface area contributed by atoms with Crippen molar-refractivity contribution >= 4 is 0 Å². The van der Waals surface area contributed by atoms with E-state index in [0.717, 1.165) is 5.92 Å². The van der Waals surface area contributed by atoms with Crippen LogP contribution in [-0.4, -0.2) is 34.7 Å². The molecular formula is C12H19N3. The van der Waals surface area contributed by atoms with Crippen LogP contribution in [0, 0.1) is 12.8 Å². The van der Waals surface area contributed by atoms with E-state index in [9.17, 15) is 0 Å².